The van der Waals surface area contributed by atoms with Crippen molar-refractivity contribution in [2.45, 2.75) is 19.6 Å². The van der Waals surface area contributed by atoms with Gasteiger partial charge >= 0.3 is 0 Å². The van der Waals surface area contributed by atoms with Crippen LogP contribution >= 0.6 is 15.9 Å². The van der Waals surface area contributed by atoms with Gasteiger partial charge in [-0.15, -0.1) is 0 Å². The summed E-state index contributed by atoms with van der Waals surface area (Å²) in [5.74, 6) is 0.696. The first-order chi connectivity index (χ1) is 9.66. The quantitative estimate of drug-likeness (QED) is 0.790. The van der Waals surface area contributed by atoms with Crippen molar-refractivity contribution in [3.05, 3.63) is 64.4 Å². The van der Waals surface area contributed by atoms with E-state index in [1.165, 1.54) is 0 Å². The summed E-state index contributed by atoms with van der Waals surface area (Å²) in [4.78, 5) is 4.54. The minimum absolute atomic E-state index is 0.593. The monoisotopic (exact) mass is 330 g/mol. The number of nitrogens with zero attached hydrogens (tertiary/aromatic N) is 2. The second-order valence-electron chi connectivity index (χ2n) is 4.81. The molecule has 2 aromatic carbocycles. The van der Waals surface area contributed by atoms with Crippen molar-refractivity contribution in [3.8, 4) is 0 Å². The van der Waals surface area contributed by atoms with E-state index < -0.39 is 6.10 Å². The molecule has 3 rings (SSSR count). The van der Waals surface area contributed by atoms with Gasteiger partial charge in [0.25, 0.3) is 0 Å². The van der Waals surface area contributed by atoms with Gasteiger partial charge in [0.15, 0.2) is 0 Å². The summed E-state index contributed by atoms with van der Waals surface area (Å²) in [5, 5.41) is 9.96. The van der Waals surface area contributed by atoms with Crippen LogP contribution in [0.15, 0.2) is 53.0 Å². The number of halogens is 1. The van der Waals surface area contributed by atoms with Gasteiger partial charge in [0.2, 0.25) is 0 Å². The van der Waals surface area contributed by atoms with E-state index in [2.05, 4.69) is 31.5 Å². The summed E-state index contributed by atoms with van der Waals surface area (Å²) >= 11 is 3.57. The molecular formula is C16H15BrN2O. The lowest BCUT2D eigenvalue weighted by atomic mass is 10.2. The van der Waals surface area contributed by atoms with Gasteiger partial charge in [-0.2, -0.15) is 0 Å². The third-order valence-corrected chi connectivity index (χ3v) is 4.12. The number of rotatable bonds is 3. The van der Waals surface area contributed by atoms with Crippen LogP contribution in [0.25, 0.3) is 11.0 Å². The largest absolute Gasteiger partial charge is 0.385 e. The van der Waals surface area contributed by atoms with Crippen LogP contribution in [0.3, 0.4) is 0 Å². The zero-order valence-electron chi connectivity index (χ0n) is 11.1. The van der Waals surface area contributed by atoms with Crippen LogP contribution in [0.5, 0.6) is 0 Å². The third kappa shape index (κ3) is 2.37. The van der Waals surface area contributed by atoms with Crippen LogP contribution in [0, 0.1) is 0 Å². The van der Waals surface area contributed by atoms with Crippen molar-refractivity contribution in [1.29, 1.82) is 0 Å². The Bertz CT molecular complexity index is 749. The fourth-order valence-corrected chi connectivity index (χ4v) is 2.79. The minimum Gasteiger partial charge on any atom is -0.385 e. The molecule has 0 aliphatic rings. The first kappa shape index (κ1) is 13.3. The predicted octanol–water partition coefficient (Wildman–Crippen LogP) is 3.90. The molecule has 0 radical (unpaired) electrons. The summed E-state index contributed by atoms with van der Waals surface area (Å²) < 4.78 is 3.13. The van der Waals surface area contributed by atoms with Gasteiger partial charge in [0, 0.05) is 4.47 Å². The zero-order valence-corrected chi connectivity index (χ0v) is 12.7. The standard InChI is InChI=1S/C16H15BrN2O/c1-11(20)16-18-14-8-4-5-9-15(14)19(16)10-12-6-2-3-7-13(12)17/h2-9,11,20H,10H2,1H3/t11-/m0/s1. The minimum atomic E-state index is -0.593. The lowest BCUT2D eigenvalue weighted by Gasteiger charge is -2.12. The summed E-state index contributed by atoms with van der Waals surface area (Å²) in [5.41, 5.74) is 3.12. The normalized spacial score (nSPS) is 12.8. The SMILES string of the molecule is C[C@H](O)c1nc2ccccc2n1Cc1ccccc1Br. The fraction of sp³-hybridized carbons (Fsp3) is 0.188. The molecule has 0 unspecified atom stereocenters. The molecule has 3 nitrogen and oxygen atoms in total. The maximum atomic E-state index is 9.96. The molecule has 0 fully saturated rings. The molecule has 1 aromatic heterocycles. The Morgan fingerprint density at radius 3 is 2.60 bits per heavy atom. The molecule has 1 N–H and O–H groups in total. The van der Waals surface area contributed by atoms with Gasteiger partial charge in [-0.25, -0.2) is 4.98 Å². The number of benzene rings is 2. The van der Waals surface area contributed by atoms with Gasteiger partial charge in [0.1, 0.15) is 11.9 Å². The van der Waals surface area contributed by atoms with Crippen molar-refractivity contribution < 1.29 is 5.11 Å². The predicted molar refractivity (Wildman–Crippen MR) is 83.6 cm³/mol. The summed E-state index contributed by atoms with van der Waals surface area (Å²) in [6.45, 7) is 2.43. The lowest BCUT2D eigenvalue weighted by Crippen LogP contribution is -2.08. The van der Waals surface area contributed by atoms with Crippen molar-refractivity contribution in [3.63, 3.8) is 0 Å². The zero-order chi connectivity index (χ0) is 14.1. The molecule has 3 aromatic rings. The maximum absolute atomic E-state index is 9.96. The number of para-hydroxylation sites is 2. The Balaban J connectivity index is 2.14. The highest BCUT2D eigenvalue weighted by Gasteiger charge is 2.15. The number of hydrogen-bond acceptors (Lipinski definition) is 2. The number of hydrogen-bond donors (Lipinski definition) is 1. The van der Waals surface area contributed by atoms with Gasteiger partial charge in [-0.3, -0.25) is 0 Å². The van der Waals surface area contributed by atoms with Crippen LogP contribution in [0.4, 0.5) is 0 Å². The summed E-state index contributed by atoms with van der Waals surface area (Å²) in [7, 11) is 0. The average molecular weight is 331 g/mol. The lowest BCUT2D eigenvalue weighted by molar-refractivity contribution is 0.185. The Labute approximate surface area is 126 Å². The van der Waals surface area contributed by atoms with Crippen molar-refractivity contribution in [2.24, 2.45) is 0 Å². The van der Waals surface area contributed by atoms with E-state index >= 15 is 0 Å². The molecule has 0 bridgehead atoms. The van der Waals surface area contributed by atoms with E-state index in [9.17, 15) is 5.11 Å². The van der Waals surface area contributed by atoms with E-state index in [0.29, 0.717) is 12.4 Å². The van der Waals surface area contributed by atoms with Crippen molar-refractivity contribution in [1.82, 2.24) is 9.55 Å². The van der Waals surface area contributed by atoms with E-state index in [1.54, 1.807) is 6.92 Å². The van der Waals surface area contributed by atoms with Gasteiger partial charge in [-0.1, -0.05) is 46.3 Å². The molecule has 0 amide bonds. The maximum Gasteiger partial charge on any atom is 0.138 e. The van der Waals surface area contributed by atoms with Gasteiger partial charge in [-0.05, 0) is 30.7 Å². The van der Waals surface area contributed by atoms with E-state index in [0.717, 1.165) is 21.1 Å². The highest BCUT2D eigenvalue weighted by atomic mass is 79.9. The first-order valence-corrected chi connectivity index (χ1v) is 7.33. The van der Waals surface area contributed by atoms with E-state index in [-0.39, 0.29) is 0 Å². The summed E-state index contributed by atoms with van der Waals surface area (Å²) in [6, 6.07) is 16.1. The Hall–Kier alpha value is -1.65. The third-order valence-electron chi connectivity index (χ3n) is 3.34. The Morgan fingerprint density at radius 1 is 1.15 bits per heavy atom. The molecule has 0 spiro atoms. The van der Waals surface area contributed by atoms with Crippen LogP contribution < -0.4 is 0 Å². The van der Waals surface area contributed by atoms with E-state index in [1.807, 2.05) is 42.5 Å². The number of aromatic nitrogens is 2. The number of imidazole rings is 1. The topological polar surface area (TPSA) is 38.1 Å². The molecule has 0 saturated carbocycles. The highest BCUT2D eigenvalue weighted by molar-refractivity contribution is 9.10. The second kappa shape index (κ2) is 5.38. The molecule has 1 atom stereocenters. The number of aliphatic hydroxyl groups excluding tert-OH is 1. The van der Waals surface area contributed by atoms with E-state index in [4.69, 9.17) is 0 Å². The average Bonchev–Trinajstić information content (AvgIpc) is 2.81. The summed E-state index contributed by atoms with van der Waals surface area (Å²) in [6.07, 6.45) is -0.593. The molecule has 0 aliphatic heterocycles. The molecule has 1 heterocycles. The number of aliphatic hydroxyl groups is 1. The van der Waals surface area contributed by atoms with Crippen LogP contribution in [-0.4, -0.2) is 14.7 Å². The van der Waals surface area contributed by atoms with Crippen molar-refractivity contribution in [2.75, 3.05) is 0 Å². The molecule has 4 heteroatoms. The molecule has 0 saturated heterocycles. The first-order valence-electron chi connectivity index (χ1n) is 6.53. The highest BCUT2D eigenvalue weighted by Crippen LogP contribution is 2.24. The Morgan fingerprint density at radius 2 is 1.85 bits per heavy atom. The van der Waals surface area contributed by atoms with Crippen LogP contribution in [-0.2, 0) is 6.54 Å². The smallest absolute Gasteiger partial charge is 0.138 e. The molecule has 0 aliphatic carbocycles. The number of fused-ring (bicyclic) bond motifs is 1. The Kier molecular flexibility index (Phi) is 3.59. The van der Waals surface area contributed by atoms with Crippen LogP contribution in [0.1, 0.15) is 24.4 Å². The fourth-order valence-electron chi connectivity index (χ4n) is 2.38. The van der Waals surface area contributed by atoms with Gasteiger partial charge < -0.3 is 9.67 Å². The molecule has 102 valence electrons. The van der Waals surface area contributed by atoms with Crippen LogP contribution in [0.2, 0.25) is 0 Å². The molecular weight excluding hydrogens is 316 g/mol. The van der Waals surface area contributed by atoms with Gasteiger partial charge in [0.05, 0.1) is 17.6 Å². The second-order valence-corrected chi connectivity index (χ2v) is 5.67. The molecule has 20 heavy (non-hydrogen) atoms. The van der Waals surface area contributed by atoms with Crippen molar-refractivity contribution >= 4 is 27.0 Å².